The summed E-state index contributed by atoms with van der Waals surface area (Å²) in [5.74, 6) is 1.17. The van der Waals surface area contributed by atoms with E-state index in [1.54, 1.807) is 6.20 Å². The number of nitrogens with zero attached hydrogens (tertiary/aromatic N) is 5. The van der Waals surface area contributed by atoms with Gasteiger partial charge in [-0.15, -0.1) is 0 Å². The van der Waals surface area contributed by atoms with Crippen LogP contribution >= 0.6 is 0 Å². The Bertz CT molecular complexity index is 588. The molecule has 0 aliphatic heterocycles. The lowest BCUT2D eigenvalue weighted by Crippen LogP contribution is -2.13. The Kier molecular flexibility index (Phi) is 4.24. The number of nitrogens with two attached hydrogens (primary N) is 1. The second kappa shape index (κ2) is 6.09. The highest BCUT2D eigenvalue weighted by Crippen LogP contribution is 2.11. The van der Waals surface area contributed by atoms with E-state index in [4.69, 9.17) is 10.5 Å². The molecule has 20 heavy (non-hydrogen) atoms. The predicted octanol–water partition coefficient (Wildman–Crippen LogP) is 0.952. The summed E-state index contributed by atoms with van der Waals surface area (Å²) < 4.78 is 5.40. The summed E-state index contributed by atoms with van der Waals surface area (Å²) in [5.41, 5.74) is 6.46. The van der Waals surface area contributed by atoms with Gasteiger partial charge in [0.15, 0.2) is 0 Å². The van der Waals surface area contributed by atoms with Gasteiger partial charge in [0.1, 0.15) is 5.82 Å². The van der Waals surface area contributed by atoms with E-state index in [1.165, 1.54) is 0 Å². The summed E-state index contributed by atoms with van der Waals surface area (Å²) in [6.07, 6.45) is 1.67. The highest BCUT2D eigenvalue weighted by Gasteiger charge is 2.07. The Labute approximate surface area is 116 Å². The van der Waals surface area contributed by atoms with Gasteiger partial charge in [0, 0.05) is 6.20 Å². The summed E-state index contributed by atoms with van der Waals surface area (Å²) in [4.78, 5) is 20.4. The van der Waals surface area contributed by atoms with Crippen molar-refractivity contribution in [2.45, 2.75) is 33.4 Å². The smallest absolute Gasteiger partial charge is 0.323 e. The first-order chi connectivity index (χ1) is 9.52. The molecule has 0 spiro atoms. The summed E-state index contributed by atoms with van der Waals surface area (Å²) >= 11 is 0. The van der Waals surface area contributed by atoms with E-state index in [0.717, 1.165) is 5.69 Å². The summed E-state index contributed by atoms with van der Waals surface area (Å²) in [6, 6.07) is 2.02. The van der Waals surface area contributed by atoms with Crippen LogP contribution in [0.5, 0.6) is 6.01 Å². The van der Waals surface area contributed by atoms with Crippen molar-refractivity contribution in [3.05, 3.63) is 23.8 Å². The van der Waals surface area contributed by atoms with Crippen molar-refractivity contribution in [1.29, 1.82) is 0 Å². The Morgan fingerprint density at radius 1 is 1.25 bits per heavy atom. The van der Waals surface area contributed by atoms with E-state index in [2.05, 4.69) is 30.2 Å². The summed E-state index contributed by atoms with van der Waals surface area (Å²) in [5, 5.41) is 3.03. The maximum atomic E-state index is 5.62. The molecule has 0 atom stereocenters. The Balaban J connectivity index is 2.07. The monoisotopic (exact) mass is 275 g/mol. The number of aromatic nitrogens is 5. The third-order valence-corrected chi connectivity index (χ3v) is 2.23. The molecule has 0 radical (unpaired) electrons. The summed E-state index contributed by atoms with van der Waals surface area (Å²) in [6.45, 7) is 6.07. The lowest BCUT2D eigenvalue weighted by Gasteiger charge is -2.10. The molecule has 2 heterocycles. The zero-order valence-electron chi connectivity index (χ0n) is 11.7. The molecule has 0 saturated heterocycles. The van der Waals surface area contributed by atoms with Crippen LogP contribution in [-0.4, -0.2) is 31.0 Å². The Morgan fingerprint density at radius 3 is 2.75 bits per heavy atom. The molecule has 8 nitrogen and oxygen atoms in total. The second-order valence-electron chi connectivity index (χ2n) is 4.42. The van der Waals surface area contributed by atoms with Gasteiger partial charge in [-0.3, -0.25) is 0 Å². The van der Waals surface area contributed by atoms with Crippen molar-refractivity contribution in [2.75, 3.05) is 11.1 Å². The highest BCUT2D eigenvalue weighted by atomic mass is 16.5. The molecule has 0 saturated carbocycles. The van der Waals surface area contributed by atoms with Gasteiger partial charge in [0.25, 0.3) is 0 Å². The molecule has 0 aliphatic carbocycles. The van der Waals surface area contributed by atoms with Gasteiger partial charge in [0.05, 0.1) is 18.3 Å². The van der Waals surface area contributed by atoms with Gasteiger partial charge in [-0.2, -0.15) is 15.0 Å². The van der Waals surface area contributed by atoms with E-state index < -0.39 is 0 Å². The minimum absolute atomic E-state index is 0.0332. The SMILES string of the molecule is Cc1nccc(CNc2nc(N)nc(OC(C)C)n2)n1. The molecule has 2 rings (SSSR count). The van der Waals surface area contributed by atoms with Crippen LogP contribution in [0.4, 0.5) is 11.9 Å². The first-order valence-electron chi connectivity index (χ1n) is 6.23. The van der Waals surface area contributed by atoms with Gasteiger partial charge in [0.2, 0.25) is 11.9 Å². The van der Waals surface area contributed by atoms with Crippen molar-refractivity contribution in [2.24, 2.45) is 0 Å². The number of anilines is 2. The normalized spacial score (nSPS) is 10.6. The standard InChI is InChI=1S/C12H17N7O/c1-7(2)20-12-18-10(13)17-11(19-12)15-6-9-4-5-14-8(3)16-9/h4-5,7H,6H2,1-3H3,(H3,13,15,17,18,19). The van der Waals surface area contributed by atoms with Crippen LogP contribution in [0.1, 0.15) is 25.4 Å². The number of hydrogen-bond acceptors (Lipinski definition) is 8. The fraction of sp³-hybridized carbons (Fsp3) is 0.417. The molecule has 0 bridgehead atoms. The van der Waals surface area contributed by atoms with Crippen LogP contribution in [0.15, 0.2) is 12.3 Å². The molecule has 2 aromatic rings. The van der Waals surface area contributed by atoms with Crippen molar-refractivity contribution in [1.82, 2.24) is 24.9 Å². The molecule has 3 N–H and O–H groups in total. The van der Waals surface area contributed by atoms with Crippen LogP contribution in [0.3, 0.4) is 0 Å². The maximum Gasteiger partial charge on any atom is 0.323 e. The minimum atomic E-state index is -0.0332. The van der Waals surface area contributed by atoms with Gasteiger partial charge in [-0.25, -0.2) is 9.97 Å². The number of aryl methyl sites for hydroxylation is 1. The second-order valence-corrected chi connectivity index (χ2v) is 4.42. The van der Waals surface area contributed by atoms with Crippen molar-refractivity contribution in [3.8, 4) is 6.01 Å². The van der Waals surface area contributed by atoms with Gasteiger partial charge in [-0.1, -0.05) is 0 Å². The van der Waals surface area contributed by atoms with Crippen LogP contribution in [0.25, 0.3) is 0 Å². The molecule has 2 aromatic heterocycles. The first kappa shape index (κ1) is 13.9. The molecule has 0 amide bonds. The van der Waals surface area contributed by atoms with Gasteiger partial charge >= 0.3 is 6.01 Å². The maximum absolute atomic E-state index is 5.62. The van der Waals surface area contributed by atoms with Crippen LogP contribution in [0.2, 0.25) is 0 Å². The third-order valence-electron chi connectivity index (χ3n) is 2.23. The largest absolute Gasteiger partial charge is 0.461 e. The van der Waals surface area contributed by atoms with E-state index in [-0.39, 0.29) is 18.1 Å². The Morgan fingerprint density at radius 2 is 2.05 bits per heavy atom. The van der Waals surface area contributed by atoms with E-state index in [1.807, 2.05) is 26.8 Å². The lowest BCUT2D eigenvalue weighted by atomic mass is 10.4. The fourth-order valence-corrected chi connectivity index (χ4v) is 1.49. The molecular weight excluding hydrogens is 258 g/mol. The zero-order valence-corrected chi connectivity index (χ0v) is 11.7. The van der Waals surface area contributed by atoms with Gasteiger partial charge < -0.3 is 15.8 Å². The number of hydrogen-bond donors (Lipinski definition) is 2. The number of nitrogens with one attached hydrogen (secondary N) is 1. The molecular formula is C12H17N7O. The van der Waals surface area contributed by atoms with Crippen LogP contribution in [0, 0.1) is 6.92 Å². The number of rotatable bonds is 5. The van der Waals surface area contributed by atoms with E-state index in [0.29, 0.717) is 18.3 Å². The van der Waals surface area contributed by atoms with Crippen LogP contribution < -0.4 is 15.8 Å². The highest BCUT2D eigenvalue weighted by molar-refractivity contribution is 5.33. The summed E-state index contributed by atoms with van der Waals surface area (Å²) in [7, 11) is 0. The molecule has 106 valence electrons. The average Bonchev–Trinajstić information content (AvgIpc) is 2.35. The quantitative estimate of drug-likeness (QED) is 0.829. The van der Waals surface area contributed by atoms with Crippen LogP contribution in [-0.2, 0) is 6.54 Å². The minimum Gasteiger partial charge on any atom is -0.461 e. The van der Waals surface area contributed by atoms with Crippen molar-refractivity contribution < 1.29 is 4.74 Å². The fourth-order valence-electron chi connectivity index (χ4n) is 1.49. The Hall–Kier alpha value is -2.51. The first-order valence-corrected chi connectivity index (χ1v) is 6.23. The molecule has 0 unspecified atom stereocenters. The van der Waals surface area contributed by atoms with Crippen molar-refractivity contribution >= 4 is 11.9 Å². The molecule has 0 fully saturated rings. The number of ether oxygens (including phenoxy) is 1. The van der Waals surface area contributed by atoms with E-state index in [9.17, 15) is 0 Å². The molecule has 8 heteroatoms. The zero-order chi connectivity index (χ0) is 14.5. The van der Waals surface area contributed by atoms with Gasteiger partial charge in [-0.05, 0) is 26.8 Å². The number of nitrogen functional groups attached to an aromatic ring is 1. The topological polar surface area (TPSA) is 112 Å². The lowest BCUT2D eigenvalue weighted by molar-refractivity contribution is 0.222. The van der Waals surface area contributed by atoms with Crippen molar-refractivity contribution in [3.63, 3.8) is 0 Å². The molecule has 0 aliphatic rings. The average molecular weight is 275 g/mol. The molecule has 0 aromatic carbocycles. The predicted molar refractivity (Wildman–Crippen MR) is 74.1 cm³/mol. The van der Waals surface area contributed by atoms with E-state index >= 15 is 0 Å². The third kappa shape index (κ3) is 4.01.